The van der Waals surface area contributed by atoms with Crippen molar-refractivity contribution in [1.82, 2.24) is 9.88 Å². The van der Waals surface area contributed by atoms with Crippen LogP contribution in [-0.4, -0.2) is 22.8 Å². The Bertz CT molecular complexity index is 1000. The maximum absolute atomic E-state index is 12.9. The molecule has 0 fully saturated rings. The second-order valence-corrected chi connectivity index (χ2v) is 7.59. The van der Waals surface area contributed by atoms with Crippen molar-refractivity contribution in [3.63, 3.8) is 0 Å². The highest BCUT2D eigenvalue weighted by atomic mass is 32.1. The summed E-state index contributed by atoms with van der Waals surface area (Å²) in [5, 5.41) is 2.99. The first kappa shape index (κ1) is 16.1. The lowest BCUT2D eigenvalue weighted by atomic mass is 9.95. The van der Waals surface area contributed by atoms with E-state index in [4.69, 9.17) is 0 Å². The molecule has 1 aromatic carbocycles. The number of aryl methyl sites for hydroxylation is 1. The molecule has 0 aliphatic heterocycles. The van der Waals surface area contributed by atoms with E-state index in [1.807, 2.05) is 36.7 Å². The van der Waals surface area contributed by atoms with Gasteiger partial charge in [0.15, 0.2) is 0 Å². The third-order valence-electron chi connectivity index (χ3n) is 4.88. The van der Waals surface area contributed by atoms with Crippen molar-refractivity contribution in [2.24, 2.45) is 0 Å². The zero-order valence-corrected chi connectivity index (χ0v) is 15.0. The van der Waals surface area contributed by atoms with E-state index in [0.717, 1.165) is 41.3 Å². The van der Waals surface area contributed by atoms with E-state index in [-0.39, 0.29) is 11.5 Å². The molecule has 0 unspecified atom stereocenters. The molecule has 4 nitrogen and oxygen atoms in total. The van der Waals surface area contributed by atoms with Crippen LogP contribution in [0.15, 0.2) is 40.5 Å². The van der Waals surface area contributed by atoms with E-state index >= 15 is 0 Å². The van der Waals surface area contributed by atoms with Crippen molar-refractivity contribution < 1.29 is 4.79 Å². The number of para-hydroxylation sites is 1. The number of hydrogen-bond donors (Lipinski definition) is 1. The predicted octanol–water partition coefficient (Wildman–Crippen LogP) is 3.74. The molecule has 0 radical (unpaired) electrons. The van der Waals surface area contributed by atoms with Gasteiger partial charge in [-0.15, -0.1) is 11.3 Å². The number of thiophene rings is 1. The topological polar surface area (TPSA) is 53.2 Å². The van der Waals surface area contributed by atoms with Gasteiger partial charge in [0.05, 0.1) is 5.56 Å². The average molecular weight is 352 g/mol. The van der Waals surface area contributed by atoms with Crippen LogP contribution in [-0.2, 0) is 19.4 Å². The molecule has 0 atom stereocenters. The molecular formula is C20H20N2O2S. The zero-order chi connectivity index (χ0) is 17.4. The zero-order valence-electron chi connectivity index (χ0n) is 14.2. The van der Waals surface area contributed by atoms with Crippen molar-refractivity contribution >= 4 is 28.1 Å². The quantitative estimate of drug-likeness (QED) is 0.781. The molecule has 1 amide bonds. The fraction of sp³-hybridized carbons (Fsp3) is 0.300. The van der Waals surface area contributed by atoms with Gasteiger partial charge in [0.2, 0.25) is 5.56 Å². The normalized spacial score (nSPS) is 13.6. The second kappa shape index (κ2) is 6.48. The molecule has 128 valence electrons. The SMILES string of the molecule is CN(Cc1cc(=O)[nH]c2ccccc12)C(=O)c1csc2c1CCCC2. The maximum Gasteiger partial charge on any atom is 0.255 e. The van der Waals surface area contributed by atoms with Crippen LogP contribution in [0, 0.1) is 0 Å². The van der Waals surface area contributed by atoms with Crippen LogP contribution in [0.4, 0.5) is 0 Å². The molecule has 0 spiro atoms. The van der Waals surface area contributed by atoms with Crippen LogP contribution in [0.5, 0.6) is 0 Å². The van der Waals surface area contributed by atoms with Crippen molar-refractivity contribution in [2.75, 3.05) is 7.05 Å². The number of H-pyrrole nitrogens is 1. The number of pyridine rings is 1. The molecule has 0 bridgehead atoms. The molecule has 1 N–H and O–H groups in total. The monoisotopic (exact) mass is 352 g/mol. The smallest absolute Gasteiger partial charge is 0.255 e. The molecule has 0 saturated carbocycles. The van der Waals surface area contributed by atoms with Crippen LogP contribution in [0.25, 0.3) is 10.9 Å². The first-order chi connectivity index (χ1) is 12.1. The van der Waals surface area contributed by atoms with Crippen LogP contribution < -0.4 is 5.56 Å². The molecule has 5 heteroatoms. The maximum atomic E-state index is 12.9. The highest BCUT2D eigenvalue weighted by Gasteiger charge is 2.22. The van der Waals surface area contributed by atoms with Gasteiger partial charge in [0.25, 0.3) is 5.91 Å². The fourth-order valence-electron chi connectivity index (χ4n) is 3.61. The number of aromatic nitrogens is 1. The molecule has 3 aromatic rings. The highest BCUT2D eigenvalue weighted by molar-refractivity contribution is 7.10. The number of carbonyl (C=O) groups excluding carboxylic acids is 1. The van der Waals surface area contributed by atoms with Crippen LogP contribution in [0.2, 0.25) is 0 Å². The Hall–Kier alpha value is -2.40. The lowest BCUT2D eigenvalue weighted by molar-refractivity contribution is 0.0785. The van der Waals surface area contributed by atoms with Gasteiger partial charge in [-0.3, -0.25) is 9.59 Å². The summed E-state index contributed by atoms with van der Waals surface area (Å²) in [6.45, 7) is 0.424. The van der Waals surface area contributed by atoms with E-state index in [1.165, 1.54) is 16.9 Å². The number of benzene rings is 1. The second-order valence-electron chi connectivity index (χ2n) is 6.62. The van der Waals surface area contributed by atoms with E-state index < -0.39 is 0 Å². The third-order valence-corrected chi connectivity index (χ3v) is 5.97. The van der Waals surface area contributed by atoms with Crippen molar-refractivity contribution in [1.29, 1.82) is 0 Å². The van der Waals surface area contributed by atoms with E-state index in [2.05, 4.69) is 4.98 Å². The fourth-order valence-corrected chi connectivity index (χ4v) is 4.73. The van der Waals surface area contributed by atoms with Gasteiger partial charge in [0.1, 0.15) is 0 Å². The Balaban J connectivity index is 1.64. The summed E-state index contributed by atoms with van der Waals surface area (Å²) in [5.41, 5.74) is 3.63. The third kappa shape index (κ3) is 3.00. The lowest BCUT2D eigenvalue weighted by Crippen LogP contribution is -2.27. The summed E-state index contributed by atoms with van der Waals surface area (Å²) in [6, 6.07) is 9.30. The van der Waals surface area contributed by atoms with Gasteiger partial charge in [-0.2, -0.15) is 0 Å². The lowest BCUT2D eigenvalue weighted by Gasteiger charge is -2.20. The van der Waals surface area contributed by atoms with Crippen molar-refractivity contribution in [2.45, 2.75) is 32.2 Å². The first-order valence-electron chi connectivity index (χ1n) is 8.59. The van der Waals surface area contributed by atoms with Crippen molar-refractivity contribution in [3.8, 4) is 0 Å². The number of carbonyl (C=O) groups is 1. The Morgan fingerprint density at radius 1 is 1.24 bits per heavy atom. The highest BCUT2D eigenvalue weighted by Crippen LogP contribution is 2.31. The van der Waals surface area contributed by atoms with Crippen molar-refractivity contribution in [3.05, 3.63) is 67.6 Å². The molecular weight excluding hydrogens is 332 g/mol. The summed E-state index contributed by atoms with van der Waals surface area (Å²) in [7, 11) is 1.81. The molecule has 1 aliphatic carbocycles. The van der Waals surface area contributed by atoms with Gasteiger partial charge in [-0.05, 0) is 42.9 Å². The minimum Gasteiger partial charge on any atom is -0.337 e. The van der Waals surface area contributed by atoms with Crippen LogP contribution in [0.1, 0.15) is 39.2 Å². The Kier molecular flexibility index (Phi) is 4.17. The van der Waals surface area contributed by atoms with Crippen LogP contribution >= 0.6 is 11.3 Å². The molecule has 2 heterocycles. The summed E-state index contributed by atoms with van der Waals surface area (Å²) in [4.78, 5) is 30.8. The molecule has 4 rings (SSSR count). The Morgan fingerprint density at radius 3 is 2.92 bits per heavy atom. The Morgan fingerprint density at radius 2 is 2.04 bits per heavy atom. The van der Waals surface area contributed by atoms with E-state index in [0.29, 0.717) is 6.54 Å². The van der Waals surface area contributed by atoms with Gasteiger partial charge in [-0.25, -0.2) is 0 Å². The number of aromatic amines is 1. The summed E-state index contributed by atoms with van der Waals surface area (Å²) >= 11 is 1.71. The van der Waals surface area contributed by atoms with Gasteiger partial charge >= 0.3 is 0 Å². The summed E-state index contributed by atoms with van der Waals surface area (Å²) in [6.07, 6.45) is 4.47. The standard InChI is InChI=1S/C20H20N2O2S/c1-22(20(24)16-12-25-18-9-5-3-7-15(16)18)11-13-10-19(23)21-17-8-4-2-6-14(13)17/h2,4,6,8,10,12H,3,5,7,9,11H2,1H3,(H,21,23). The summed E-state index contributed by atoms with van der Waals surface area (Å²) < 4.78 is 0. The molecule has 1 aliphatic rings. The minimum absolute atomic E-state index is 0.0452. The predicted molar refractivity (Wildman–Crippen MR) is 101 cm³/mol. The number of nitrogens with zero attached hydrogens (tertiary/aromatic N) is 1. The van der Waals surface area contributed by atoms with E-state index in [1.54, 1.807) is 22.3 Å². The van der Waals surface area contributed by atoms with Gasteiger partial charge < -0.3 is 9.88 Å². The number of amides is 1. The van der Waals surface area contributed by atoms with Gasteiger partial charge in [-0.1, -0.05) is 18.2 Å². The number of fused-ring (bicyclic) bond motifs is 2. The van der Waals surface area contributed by atoms with Gasteiger partial charge in [0, 0.05) is 40.8 Å². The number of hydrogen-bond acceptors (Lipinski definition) is 3. The Labute approximate surface area is 150 Å². The van der Waals surface area contributed by atoms with E-state index in [9.17, 15) is 9.59 Å². The average Bonchev–Trinajstić information content (AvgIpc) is 3.05. The first-order valence-corrected chi connectivity index (χ1v) is 9.47. The molecule has 0 saturated heterocycles. The summed E-state index contributed by atoms with van der Waals surface area (Å²) in [5.74, 6) is 0.0452. The largest absolute Gasteiger partial charge is 0.337 e. The van der Waals surface area contributed by atoms with Crippen LogP contribution in [0.3, 0.4) is 0 Å². The number of nitrogens with one attached hydrogen (secondary N) is 1. The number of rotatable bonds is 3. The molecule has 25 heavy (non-hydrogen) atoms. The minimum atomic E-state index is -0.137. The molecule has 2 aromatic heterocycles.